The monoisotopic (exact) mass is 312 g/mol. The second-order valence-electron chi connectivity index (χ2n) is 4.61. The zero-order valence-corrected chi connectivity index (χ0v) is 11.8. The maximum Gasteiger partial charge on any atom is 0.433 e. The van der Waals surface area contributed by atoms with Gasteiger partial charge in [-0.05, 0) is 18.6 Å². The number of rotatable bonds is 5. The van der Waals surface area contributed by atoms with E-state index < -0.39 is 11.9 Å². The predicted molar refractivity (Wildman–Crippen MR) is 75.1 cm³/mol. The van der Waals surface area contributed by atoms with Gasteiger partial charge in [0.2, 0.25) is 0 Å². The van der Waals surface area contributed by atoms with E-state index in [0.29, 0.717) is 6.42 Å². The molecular formula is C14H15F3N4O. The van der Waals surface area contributed by atoms with E-state index in [1.165, 1.54) is 12.3 Å². The summed E-state index contributed by atoms with van der Waals surface area (Å²) in [4.78, 5) is 11.6. The number of halogens is 3. The Hall–Kier alpha value is -2.22. The molecule has 0 aliphatic carbocycles. The number of aliphatic hydroxyl groups excluding tert-OH is 1. The van der Waals surface area contributed by atoms with Gasteiger partial charge in [-0.25, -0.2) is 9.97 Å². The number of anilines is 1. The number of alkyl halides is 3. The van der Waals surface area contributed by atoms with Gasteiger partial charge in [0.15, 0.2) is 11.5 Å². The fraction of sp³-hybridized carbons (Fsp3) is 0.357. The highest BCUT2D eigenvalue weighted by Crippen LogP contribution is 2.30. The van der Waals surface area contributed by atoms with Crippen molar-refractivity contribution >= 4 is 5.82 Å². The van der Waals surface area contributed by atoms with Crippen molar-refractivity contribution in [3.05, 3.63) is 36.2 Å². The minimum atomic E-state index is -4.59. The Bertz CT molecular complexity index is 615. The number of nitrogens with zero attached hydrogens (tertiary/aromatic N) is 3. The summed E-state index contributed by atoms with van der Waals surface area (Å²) >= 11 is 0. The average molecular weight is 312 g/mol. The molecule has 0 radical (unpaired) electrons. The molecule has 118 valence electrons. The fourth-order valence-electron chi connectivity index (χ4n) is 1.76. The van der Waals surface area contributed by atoms with Gasteiger partial charge in [-0.15, -0.1) is 0 Å². The summed E-state index contributed by atoms with van der Waals surface area (Å²) in [6.07, 6.45) is -2.60. The van der Waals surface area contributed by atoms with Crippen LogP contribution in [-0.2, 0) is 6.18 Å². The zero-order valence-electron chi connectivity index (χ0n) is 11.8. The molecule has 0 bridgehead atoms. The SMILES string of the molecule is CCC(CO)Nc1cc(C(F)(F)F)nc(-c2ccccn2)n1. The maximum absolute atomic E-state index is 13.0. The van der Waals surface area contributed by atoms with Crippen molar-refractivity contribution in [2.24, 2.45) is 0 Å². The Balaban J connectivity index is 2.46. The highest BCUT2D eigenvalue weighted by Gasteiger charge is 2.34. The average Bonchev–Trinajstić information content (AvgIpc) is 2.52. The molecule has 8 heteroatoms. The predicted octanol–water partition coefficient (Wildman–Crippen LogP) is 2.74. The Morgan fingerprint density at radius 1 is 1.27 bits per heavy atom. The van der Waals surface area contributed by atoms with Crippen molar-refractivity contribution in [1.29, 1.82) is 0 Å². The summed E-state index contributed by atoms with van der Waals surface area (Å²) in [5.41, 5.74) is -0.813. The number of pyridine rings is 1. The molecule has 2 heterocycles. The Kier molecular flexibility index (Phi) is 4.92. The minimum Gasteiger partial charge on any atom is -0.394 e. The number of aromatic nitrogens is 3. The minimum absolute atomic E-state index is 0.00359. The van der Waals surface area contributed by atoms with Crippen LogP contribution in [0, 0.1) is 0 Å². The van der Waals surface area contributed by atoms with Gasteiger partial charge in [0.05, 0.1) is 12.6 Å². The number of nitrogens with one attached hydrogen (secondary N) is 1. The molecule has 2 aromatic rings. The van der Waals surface area contributed by atoms with Crippen LogP contribution in [0.25, 0.3) is 11.5 Å². The van der Waals surface area contributed by atoms with Gasteiger partial charge in [0.1, 0.15) is 11.5 Å². The topological polar surface area (TPSA) is 70.9 Å². The molecule has 5 nitrogen and oxygen atoms in total. The molecule has 1 unspecified atom stereocenters. The van der Waals surface area contributed by atoms with Gasteiger partial charge in [-0.2, -0.15) is 13.2 Å². The van der Waals surface area contributed by atoms with Crippen LogP contribution in [0.1, 0.15) is 19.0 Å². The summed E-state index contributed by atoms with van der Waals surface area (Å²) in [7, 11) is 0. The van der Waals surface area contributed by atoms with Crippen LogP contribution in [0.15, 0.2) is 30.5 Å². The first-order chi connectivity index (χ1) is 10.4. The van der Waals surface area contributed by atoms with E-state index in [2.05, 4.69) is 20.3 Å². The smallest absolute Gasteiger partial charge is 0.394 e. The molecule has 0 saturated heterocycles. The Morgan fingerprint density at radius 2 is 2.05 bits per heavy atom. The Morgan fingerprint density at radius 3 is 2.59 bits per heavy atom. The normalized spacial score (nSPS) is 13.0. The third-order valence-electron chi connectivity index (χ3n) is 2.98. The van der Waals surface area contributed by atoms with Crippen LogP contribution < -0.4 is 5.32 Å². The van der Waals surface area contributed by atoms with Gasteiger partial charge in [0.25, 0.3) is 0 Å². The summed E-state index contributed by atoms with van der Waals surface area (Å²) in [5, 5.41) is 11.9. The van der Waals surface area contributed by atoms with Crippen molar-refractivity contribution in [3.8, 4) is 11.5 Å². The third-order valence-corrected chi connectivity index (χ3v) is 2.98. The molecule has 0 spiro atoms. The second-order valence-corrected chi connectivity index (χ2v) is 4.61. The van der Waals surface area contributed by atoms with Crippen LogP contribution in [-0.4, -0.2) is 32.7 Å². The molecular weight excluding hydrogens is 297 g/mol. The lowest BCUT2D eigenvalue weighted by Gasteiger charge is -2.16. The first-order valence-corrected chi connectivity index (χ1v) is 6.69. The van der Waals surface area contributed by atoms with Gasteiger partial charge >= 0.3 is 6.18 Å². The maximum atomic E-state index is 13.0. The third kappa shape index (κ3) is 3.91. The van der Waals surface area contributed by atoms with E-state index in [1.54, 1.807) is 19.1 Å². The van der Waals surface area contributed by atoms with E-state index in [1.807, 2.05) is 0 Å². The highest BCUT2D eigenvalue weighted by molar-refractivity contribution is 5.53. The molecule has 0 saturated carbocycles. The highest BCUT2D eigenvalue weighted by atomic mass is 19.4. The van der Waals surface area contributed by atoms with Crippen LogP contribution in [0.5, 0.6) is 0 Å². The quantitative estimate of drug-likeness (QED) is 0.888. The van der Waals surface area contributed by atoms with Crippen LogP contribution in [0.2, 0.25) is 0 Å². The van der Waals surface area contributed by atoms with Gasteiger partial charge < -0.3 is 10.4 Å². The van der Waals surface area contributed by atoms with Gasteiger partial charge in [-0.1, -0.05) is 13.0 Å². The van der Waals surface area contributed by atoms with Crippen LogP contribution in [0.3, 0.4) is 0 Å². The molecule has 2 N–H and O–H groups in total. The van der Waals surface area contributed by atoms with E-state index in [0.717, 1.165) is 6.07 Å². The lowest BCUT2D eigenvalue weighted by molar-refractivity contribution is -0.141. The molecule has 1 atom stereocenters. The van der Waals surface area contributed by atoms with Crippen molar-refractivity contribution in [1.82, 2.24) is 15.0 Å². The van der Waals surface area contributed by atoms with Crippen LogP contribution >= 0.6 is 0 Å². The van der Waals surface area contributed by atoms with Gasteiger partial charge in [-0.3, -0.25) is 4.98 Å². The van der Waals surface area contributed by atoms with Crippen molar-refractivity contribution < 1.29 is 18.3 Å². The lowest BCUT2D eigenvalue weighted by Crippen LogP contribution is -2.24. The molecule has 0 aromatic carbocycles. The summed E-state index contributed by atoms with van der Waals surface area (Å²) in [5.74, 6) is -0.116. The number of hydrogen-bond acceptors (Lipinski definition) is 5. The van der Waals surface area contributed by atoms with E-state index >= 15 is 0 Å². The lowest BCUT2D eigenvalue weighted by atomic mass is 10.2. The van der Waals surface area contributed by atoms with Crippen molar-refractivity contribution in [2.75, 3.05) is 11.9 Å². The first kappa shape index (κ1) is 16.2. The molecule has 2 aromatic heterocycles. The van der Waals surface area contributed by atoms with E-state index in [4.69, 9.17) is 5.11 Å². The van der Waals surface area contributed by atoms with E-state index in [-0.39, 0.29) is 30.0 Å². The summed E-state index contributed by atoms with van der Waals surface area (Å²) in [6, 6.07) is 5.26. The van der Waals surface area contributed by atoms with Crippen molar-refractivity contribution in [2.45, 2.75) is 25.6 Å². The Labute approximate surface area is 125 Å². The summed E-state index contributed by atoms with van der Waals surface area (Å²) < 4.78 is 38.9. The van der Waals surface area contributed by atoms with Crippen LogP contribution in [0.4, 0.5) is 19.0 Å². The number of hydrogen-bond donors (Lipinski definition) is 2. The fourth-order valence-corrected chi connectivity index (χ4v) is 1.76. The molecule has 2 rings (SSSR count). The zero-order chi connectivity index (χ0) is 16.2. The molecule has 0 aliphatic heterocycles. The van der Waals surface area contributed by atoms with E-state index in [9.17, 15) is 13.2 Å². The van der Waals surface area contributed by atoms with Gasteiger partial charge in [0, 0.05) is 12.3 Å². The molecule has 0 amide bonds. The number of aliphatic hydroxyl groups is 1. The molecule has 0 aliphatic rings. The van der Waals surface area contributed by atoms with Crippen molar-refractivity contribution in [3.63, 3.8) is 0 Å². The standard InChI is InChI=1S/C14H15F3N4O/c1-2-9(8-22)19-12-7-11(14(15,16)17)20-13(21-12)10-5-3-4-6-18-10/h3-7,9,22H,2,8H2,1H3,(H,19,20,21). The largest absolute Gasteiger partial charge is 0.433 e. The summed E-state index contributed by atoms with van der Waals surface area (Å²) in [6.45, 7) is 1.60. The molecule has 22 heavy (non-hydrogen) atoms. The molecule has 0 fully saturated rings. The second kappa shape index (κ2) is 6.69. The first-order valence-electron chi connectivity index (χ1n) is 6.69.